The van der Waals surface area contributed by atoms with E-state index in [0.29, 0.717) is 6.54 Å². The molecular weight excluding hydrogens is 280 g/mol. The van der Waals surface area contributed by atoms with Gasteiger partial charge in [-0.25, -0.2) is 4.99 Å². The molecule has 0 radical (unpaired) electrons. The Labute approximate surface area is 132 Å². The first-order valence-corrected chi connectivity index (χ1v) is 7.56. The third kappa shape index (κ3) is 6.97. The van der Waals surface area contributed by atoms with Crippen molar-refractivity contribution in [2.24, 2.45) is 4.99 Å². The van der Waals surface area contributed by atoms with Gasteiger partial charge in [-0.2, -0.15) is 0 Å². The summed E-state index contributed by atoms with van der Waals surface area (Å²) in [5.74, 6) is 1.33. The maximum absolute atomic E-state index is 11.8. The normalized spacial score (nSPS) is 11.1. The van der Waals surface area contributed by atoms with Gasteiger partial charge in [-0.1, -0.05) is 6.08 Å². The second-order valence-electron chi connectivity index (χ2n) is 4.88. The molecule has 0 saturated heterocycles. The fourth-order valence-corrected chi connectivity index (χ4v) is 1.85. The van der Waals surface area contributed by atoms with Crippen LogP contribution in [0.25, 0.3) is 0 Å². The molecule has 0 fully saturated rings. The molecule has 0 atom stereocenters. The van der Waals surface area contributed by atoms with Gasteiger partial charge in [0.1, 0.15) is 12.3 Å². The second kappa shape index (κ2) is 10.5. The van der Waals surface area contributed by atoms with Crippen molar-refractivity contribution in [2.45, 2.75) is 26.3 Å². The number of rotatable bonds is 9. The molecule has 122 valence electrons. The average molecular weight is 306 g/mol. The maximum atomic E-state index is 11.8. The number of guanidine groups is 1. The van der Waals surface area contributed by atoms with Crippen LogP contribution in [0.3, 0.4) is 0 Å². The van der Waals surface area contributed by atoms with Crippen molar-refractivity contribution in [1.82, 2.24) is 15.5 Å². The third-order valence-electron chi connectivity index (χ3n) is 3.01. The van der Waals surface area contributed by atoms with Crippen LogP contribution in [0.5, 0.6) is 0 Å². The Morgan fingerprint density at radius 1 is 1.50 bits per heavy atom. The Hall–Kier alpha value is -2.24. The molecule has 1 heterocycles. The summed E-state index contributed by atoms with van der Waals surface area (Å²) in [4.78, 5) is 18.2. The highest BCUT2D eigenvalue weighted by atomic mass is 16.3. The minimum Gasteiger partial charge on any atom is -0.467 e. The maximum Gasteiger partial charge on any atom is 0.242 e. The zero-order valence-electron chi connectivity index (χ0n) is 13.5. The lowest BCUT2D eigenvalue weighted by atomic mass is 10.3. The van der Waals surface area contributed by atoms with E-state index in [0.717, 1.165) is 37.7 Å². The molecule has 0 aromatic carbocycles. The number of carbonyl (C=O) groups excluding carboxylic acids is 1. The fraction of sp³-hybridized carbons (Fsp3) is 0.500. The lowest BCUT2D eigenvalue weighted by Crippen LogP contribution is -2.40. The molecule has 0 spiro atoms. The number of hydrogen-bond donors (Lipinski definition) is 2. The average Bonchev–Trinajstić information content (AvgIpc) is 3.02. The molecule has 0 aliphatic carbocycles. The number of allylic oxidation sites excluding steroid dienone is 1. The van der Waals surface area contributed by atoms with Gasteiger partial charge in [0.2, 0.25) is 5.91 Å². The number of aliphatic imine (C=N–C) groups is 1. The quantitative estimate of drug-likeness (QED) is 0.316. The van der Waals surface area contributed by atoms with E-state index < -0.39 is 0 Å². The van der Waals surface area contributed by atoms with Crippen LogP contribution < -0.4 is 10.6 Å². The summed E-state index contributed by atoms with van der Waals surface area (Å²) >= 11 is 0. The molecule has 6 heteroatoms. The van der Waals surface area contributed by atoms with Gasteiger partial charge in [-0.3, -0.25) is 4.79 Å². The lowest BCUT2D eigenvalue weighted by molar-refractivity contribution is -0.119. The molecule has 1 aromatic rings. The number of amides is 1. The van der Waals surface area contributed by atoms with Crippen molar-refractivity contribution in [3.05, 3.63) is 36.8 Å². The minimum absolute atomic E-state index is 0.0921. The first-order valence-electron chi connectivity index (χ1n) is 7.56. The molecular formula is C16H26N4O2. The Bertz CT molecular complexity index is 469. The monoisotopic (exact) mass is 306 g/mol. The highest BCUT2D eigenvalue weighted by Gasteiger charge is 2.07. The van der Waals surface area contributed by atoms with E-state index in [1.807, 2.05) is 31.0 Å². The van der Waals surface area contributed by atoms with Crippen LogP contribution in [0.4, 0.5) is 0 Å². The number of unbranched alkanes of at least 4 members (excludes halogenated alkanes) is 1. The molecule has 0 saturated carbocycles. The predicted molar refractivity (Wildman–Crippen MR) is 88.6 cm³/mol. The topological polar surface area (TPSA) is 69.9 Å². The lowest BCUT2D eigenvalue weighted by Gasteiger charge is -2.21. The Morgan fingerprint density at radius 2 is 2.32 bits per heavy atom. The number of nitrogens with one attached hydrogen (secondary N) is 2. The van der Waals surface area contributed by atoms with Crippen LogP contribution in [0.2, 0.25) is 0 Å². The number of carbonyl (C=O) groups is 1. The SMILES string of the molecule is C=CCCCN(C)C(=NCC(=O)NCc1ccco1)NCC. The van der Waals surface area contributed by atoms with E-state index in [2.05, 4.69) is 22.2 Å². The molecule has 0 bridgehead atoms. The molecule has 2 N–H and O–H groups in total. The van der Waals surface area contributed by atoms with E-state index in [-0.39, 0.29) is 12.5 Å². The first-order chi connectivity index (χ1) is 10.7. The Kier molecular flexibility index (Phi) is 8.49. The minimum atomic E-state index is -0.133. The van der Waals surface area contributed by atoms with Crippen molar-refractivity contribution in [3.63, 3.8) is 0 Å². The van der Waals surface area contributed by atoms with E-state index >= 15 is 0 Å². The summed E-state index contributed by atoms with van der Waals surface area (Å²) in [6.45, 7) is 7.82. The number of nitrogens with zero attached hydrogens (tertiary/aromatic N) is 2. The number of furan rings is 1. The van der Waals surface area contributed by atoms with Crippen molar-refractivity contribution in [1.29, 1.82) is 0 Å². The summed E-state index contributed by atoms with van der Waals surface area (Å²) in [6.07, 6.45) is 5.46. The van der Waals surface area contributed by atoms with Gasteiger partial charge in [-0.15, -0.1) is 6.58 Å². The van der Waals surface area contributed by atoms with Crippen LogP contribution in [0.1, 0.15) is 25.5 Å². The van der Waals surface area contributed by atoms with Crippen LogP contribution in [0, 0.1) is 0 Å². The molecule has 1 rings (SSSR count). The summed E-state index contributed by atoms with van der Waals surface area (Å²) in [5.41, 5.74) is 0. The van der Waals surface area contributed by atoms with Crippen molar-refractivity contribution >= 4 is 11.9 Å². The standard InChI is InChI=1S/C16H26N4O2/c1-4-6-7-10-20(3)16(17-5-2)19-13-15(21)18-12-14-9-8-11-22-14/h4,8-9,11H,1,5-7,10,12-13H2,2-3H3,(H,17,19)(H,18,21). The van der Waals surface area contributed by atoms with Crippen molar-refractivity contribution in [2.75, 3.05) is 26.7 Å². The van der Waals surface area contributed by atoms with E-state index in [1.54, 1.807) is 12.3 Å². The molecule has 1 amide bonds. The van der Waals surface area contributed by atoms with Gasteiger partial charge in [0.15, 0.2) is 5.96 Å². The van der Waals surface area contributed by atoms with Gasteiger partial charge in [0.25, 0.3) is 0 Å². The van der Waals surface area contributed by atoms with Gasteiger partial charge >= 0.3 is 0 Å². The zero-order valence-corrected chi connectivity index (χ0v) is 13.5. The Morgan fingerprint density at radius 3 is 2.95 bits per heavy atom. The van der Waals surface area contributed by atoms with E-state index in [1.165, 1.54) is 0 Å². The van der Waals surface area contributed by atoms with Crippen LogP contribution >= 0.6 is 0 Å². The zero-order chi connectivity index (χ0) is 16.2. The molecule has 1 aromatic heterocycles. The van der Waals surface area contributed by atoms with Gasteiger partial charge in [-0.05, 0) is 31.9 Å². The van der Waals surface area contributed by atoms with Gasteiger partial charge < -0.3 is 20.0 Å². The highest BCUT2D eigenvalue weighted by Crippen LogP contribution is 1.98. The van der Waals surface area contributed by atoms with Crippen molar-refractivity contribution < 1.29 is 9.21 Å². The largest absolute Gasteiger partial charge is 0.467 e. The summed E-state index contributed by atoms with van der Waals surface area (Å²) < 4.78 is 5.16. The molecule has 22 heavy (non-hydrogen) atoms. The van der Waals surface area contributed by atoms with Crippen molar-refractivity contribution in [3.8, 4) is 0 Å². The Balaban J connectivity index is 2.42. The summed E-state index contributed by atoms with van der Waals surface area (Å²) in [7, 11) is 1.96. The predicted octanol–water partition coefficient (Wildman–Crippen LogP) is 1.76. The fourth-order valence-electron chi connectivity index (χ4n) is 1.85. The first kappa shape index (κ1) is 17.8. The molecule has 0 aliphatic heterocycles. The molecule has 0 aliphatic rings. The van der Waals surface area contributed by atoms with E-state index in [9.17, 15) is 4.79 Å². The van der Waals surface area contributed by atoms with E-state index in [4.69, 9.17) is 4.42 Å². The summed E-state index contributed by atoms with van der Waals surface area (Å²) in [5, 5.41) is 5.96. The number of hydrogen-bond acceptors (Lipinski definition) is 3. The van der Waals surface area contributed by atoms with Crippen LogP contribution in [-0.4, -0.2) is 43.4 Å². The van der Waals surface area contributed by atoms with Crippen LogP contribution in [-0.2, 0) is 11.3 Å². The molecule has 6 nitrogen and oxygen atoms in total. The van der Waals surface area contributed by atoms with Gasteiger partial charge in [0.05, 0.1) is 12.8 Å². The third-order valence-corrected chi connectivity index (χ3v) is 3.01. The highest BCUT2D eigenvalue weighted by molar-refractivity contribution is 5.84. The molecule has 0 unspecified atom stereocenters. The van der Waals surface area contributed by atoms with Crippen LogP contribution in [0.15, 0.2) is 40.5 Å². The summed E-state index contributed by atoms with van der Waals surface area (Å²) in [6, 6.07) is 3.61. The second-order valence-corrected chi connectivity index (χ2v) is 4.88. The smallest absolute Gasteiger partial charge is 0.242 e. The van der Waals surface area contributed by atoms with Gasteiger partial charge in [0, 0.05) is 20.1 Å².